The van der Waals surface area contributed by atoms with Gasteiger partial charge >= 0.3 is 0 Å². The molecule has 0 N–H and O–H groups in total. The van der Waals surface area contributed by atoms with E-state index in [1.165, 1.54) is 50.8 Å². The molecule has 1 saturated heterocycles. The average Bonchev–Trinajstić information content (AvgIpc) is 2.63. The predicted octanol–water partition coefficient (Wildman–Crippen LogP) is 6.26. The molecular formula is C20H36O2S. The maximum absolute atomic E-state index is 6.14. The van der Waals surface area contributed by atoms with Crippen LogP contribution >= 0.6 is 12.3 Å². The predicted molar refractivity (Wildman–Crippen MR) is 97.9 cm³/mol. The zero-order chi connectivity index (χ0) is 16.8. The lowest BCUT2D eigenvalue weighted by atomic mass is 9.61. The SMILES string of the molecule is CC(C)(C)C1CCC2C(C1)OSOC1CC(C(C)(C)C)CCC12. The molecule has 0 spiro atoms. The number of fused-ring (bicyclic) bond motifs is 3. The molecule has 2 saturated carbocycles. The van der Waals surface area contributed by atoms with Crippen molar-refractivity contribution in [2.75, 3.05) is 0 Å². The molecule has 0 radical (unpaired) electrons. The summed E-state index contributed by atoms with van der Waals surface area (Å²) in [5.74, 6) is 3.00. The largest absolute Gasteiger partial charge is 0.288 e. The summed E-state index contributed by atoms with van der Waals surface area (Å²) < 4.78 is 12.3. The highest BCUT2D eigenvalue weighted by Crippen LogP contribution is 2.52. The van der Waals surface area contributed by atoms with Gasteiger partial charge in [-0.2, -0.15) is 0 Å². The lowest BCUT2D eigenvalue weighted by molar-refractivity contribution is -0.0222. The third-order valence-electron chi connectivity index (χ3n) is 7.01. The summed E-state index contributed by atoms with van der Waals surface area (Å²) in [4.78, 5) is 0. The van der Waals surface area contributed by atoms with Gasteiger partial charge in [0, 0.05) is 0 Å². The Morgan fingerprint density at radius 3 is 1.39 bits per heavy atom. The van der Waals surface area contributed by atoms with Crippen molar-refractivity contribution in [1.82, 2.24) is 0 Å². The lowest BCUT2D eigenvalue weighted by Gasteiger charge is -2.46. The molecule has 2 nitrogen and oxygen atoms in total. The Balaban J connectivity index is 1.70. The smallest absolute Gasteiger partial charge is 0.159 e. The fourth-order valence-corrected chi connectivity index (χ4v) is 5.89. The van der Waals surface area contributed by atoms with Crippen molar-refractivity contribution >= 4 is 12.3 Å². The van der Waals surface area contributed by atoms with Gasteiger partial charge < -0.3 is 0 Å². The van der Waals surface area contributed by atoms with Crippen molar-refractivity contribution in [2.24, 2.45) is 34.5 Å². The molecule has 2 aliphatic carbocycles. The van der Waals surface area contributed by atoms with E-state index < -0.39 is 0 Å². The zero-order valence-corrected chi connectivity index (χ0v) is 16.7. The molecular weight excluding hydrogens is 304 g/mol. The second-order valence-electron chi connectivity index (χ2n) is 10.4. The van der Waals surface area contributed by atoms with Crippen molar-refractivity contribution in [3.63, 3.8) is 0 Å². The summed E-state index contributed by atoms with van der Waals surface area (Å²) in [7, 11) is 0. The summed E-state index contributed by atoms with van der Waals surface area (Å²) in [6.07, 6.45) is 8.64. The standard InChI is InChI=1S/C20H36O2S/c1-19(2,3)13-7-9-15-16-10-8-14(20(4,5)6)12-18(16)22-23-21-17(15)11-13/h13-18H,7-12H2,1-6H3. The quantitative estimate of drug-likeness (QED) is 0.485. The highest BCUT2D eigenvalue weighted by atomic mass is 32.2. The summed E-state index contributed by atoms with van der Waals surface area (Å²) in [6.45, 7) is 14.3. The van der Waals surface area contributed by atoms with E-state index in [9.17, 15) is 0 Å². The minimum atomic E-state index is 0.398. The van der Waals surface area contributed by atoms with Gasteiger partial charge in [-0.3, -0.25) is 8.37 Å². The van der Waals surface area contributed by atoms with Gasteiger partial charge in [-0.15, -0.1) is 0 Å². The maximum Gasteiger partial charge on any atom is 0.159 e. The fourth-order valence-electron chi connectivity index (χ4n) is 5.20. The first-order valence-electron chi connectivity index (χ1n) is 9.65. The number of rotatable bonds is 0. The molecule has 1 heterocycles. The topological polar surface area (TPSA) is 18.5 Å². The second kappa shape index (κ2) is 6.53. The average molecular weight is 341 g/mol. The van der Waals surface area contributed by atoms with Crippen LogP contribution in [0.25, 0.3) is 0 Å². The van der Waals surface area contributed by atoms with Crippen molar-refractivity contribution in [1.29, 1.82) is 0 Å². The van der Waals surface area contributed by atoms with Crippen LogP contribution in [0.3, 0.4) is 0 Å². The van der Waals surface area contributed by atoms with Gasteiger partial charge in [0.25, 0.3) is 0 Å². The molecule has 1 aliphatic heterocycles. The second-order valence-corrected chi connectivity index (χ2v) is 10.9. The third kappa shape index (κ3) is 3.93. The molecule has 3 rings (SSSR count). The molecule has 134 valence electrons. The van der Waals surface area contributed by atoms with Crippen molar-refractivity contribution in [3.8, 4) is 0 Å². The Bertz CT molecular complexity index is 371. The highest BCUT2D eigenvalue weighted by Gasteiger charge is 2.47. The van der Waals surface area contributed by atoms with Crippen LogP contribution in [0, 0.1) is 34.5 Å². The zero-order valence-electron chi connectivity index (χ0n) is 15.9. The molecule has 0 aromatic rings. The van der Waals surface area contributed by atoms with E-state index in [1.54, 1.807) is 0 Å². The van der Waals surface area contributed by atoms with Crippen LogP contribution in [0.2, 0.25) is 0 Å². The summed E-state index contributed by atoms with van der Waals surface area (Å²) in [5.41, 5.74) is 0.797. The minimum Gasteiger partial charge on any atom is -0.288 e. The van der Waals surface area contributed by atoms with Gasteiger partial charge in [0.15, 0.2) is 12.3 Å². The number of hydrogen-bond acceptors (Lipinski definition) is 3. The van der Waals surface area contributed by atoms with E-state index in [-0.39, 0.29) is 0 Å². The molecule has 23 heavy (non-hydrogen) atoms. The van der Waals surface area contributed by atoms with E-state index in [4.69, 9.17) is 8.37 Å². The van der Waals surface area contributed by atoms with Crippen LogP contribution in [0.1, 0.15) is 80.1 Å². The highest BCUT2D eigenvalue weighted by molar-refractivity contribution is 7.89. The molecule has 6 atom stereocenters. The molecule has 0 aromatic heterocycles. The molecule has 6 unspecified atom stereocenters. The first-order chi connectivity index (χ1) is 10.7. The van der Waals surface area contributed by atoms with E-state index in [0.717, 1.165) is 23.7 Å². The Morgan fingerprint density at radius 1 is 0.652 bits per heavy atom. The Hall–Kier alpha value is 0.270. The molecule has 3 heteroatoms. The lowest BCUT2D eigenvalue weighted by Crippen LogP contribution is -2.44. The Kier molecular flexibility index (Phi) is 5.13. The van der Waals surface area contributed by atoms with Crippen molar-refractivity contribution in [3.05, 3.63) is 0 Å². The van der Waals surface area contributed by atoms with Gasteiger partial charge in [-0.1, -0.05) is 41.5 Å². The molecule has 3 fully saturated rings. The fraction of sp³-hybridized carbons (Fsp3) is 1.00. The van der Waals surface area contributed by atoms with Gasteiger partial charge in [0.1, 0.15) is 0 Å². The van der Waals surface area contributed by atoms with Crippen LogP contribution in [-0.4, -0.2) is 12.2 Å². The van der Waals surface area contributed by atoms with E-state index in [0.29, 0.717) is 23.0 Å². The van der Waals surface area contributed by atoms with E-state index >= 15 is 0 Å². The molecule has 0 aromatic carbocycles. The van der Waals surface area contributed by atoms with Crippen molar-refractivity contribution < 1.29 is 8.37 Å². The van der Waals surface area contributed by atoms with Crippen LogP contribution in [-0.2, 0) is 8.37 Å². The van der Waals surface area contributed by atoms with Gasteiger partial charge in [0.2, 0.25) is 0 Å². The maximum atomic E-state index is 6.14. The monoisotopic (exact) mass is 340 g/mol. The van der Waals surface area contributed by atoms with E-state index in [2.05, 4.69) is 41.5 Å². The molecule has 0 bridgehead atoms. The molecule has 3 aliphatic rings. The third-order valence-corrected chi connectivity index (χ3v) is 7.66. The van der Waals surface area contributed by atoms with Gasteiger partial charge in [-0.05, 0) is 73.0 Å². The Morgan fingerprint density at radius 2 is 1.04 bits per heavy atom. The normalized spacial score (nSPS) is 42.5. The minimum absolute atomic E-state index is 0.398. The Labute approximate surface area is 147 Å². The number of hydrogen-bond donors (Lipinski definition) is 0. The van der Waals surface area contributed by atoms with E-state index in [1.807, 2.05) is 0 Å². The summed E-state index contributed by atoms with van der Waals surface area (Å²) in [6, 6.07) is 0. The van der Waals surface area contributed by atoms with Crippen molar-refractivity contribution in [2.45, 2.75) is 92.3 Å². The van der Waals surface area contributed by atoms with Crippen LogP contribution in [0.4, 0.5) is 0 Å². The van der Waals surface area contributed by atoms with Crippen LogP contribution in [0.5, 0.6) is 0 Å². The van der Waals surface area contributed by atoms with Gasteiger partial charge in [0.05, 0.1) is 12.2 Å². The summed E-state index contributed by atoms with van der Waals surface area (Å²) in [5, 5.41) is 0. The first-order valence-corrected chi connectivity index (χ1v) is 10.3. The van der Waals surface area contributed by atoms with Gasteiger partial charge in [-0.25, -0.2) is 0 Å². The molecule has 0 amide bonds. The first kappa shape index (κ1) is 18.1. The summed E-state index contributed by atoms with van der Waals surface area (Å²) >= 11 is 1.31. The van der Waals surface area contributed by atoms with Crippen LogP contribution in [0.15, 0.2) is 0 Å². The van der Waals surface area contributed by atoms with Crippen LogP contribution < -0.4 is 0 Å².